The Morgan fingerprint density at radius 1 is 1.36 bits per heavy atom. The smallest absolute Gasteiger partial charge is 0.262 e. The fourth-order valence-corrected chi connectivity index (χ4v) is 1.88. The van der Waals surface area contributed by atoms with Crippen LogP contribution in [0.15, 0.2) is 39.1 Å². The van der Waals surface area contributed by atoms with Crippen molar-refractivity contribution in [3.8, 4) is 0 Å². The van der Waals surface area contributed by atoms with Gasteiger partial charge >= 0.3 is 0 Å². The number of rotatable bonds is 2. The van der Waals surface area contributed by atoms with E-state index in [4.69, 9.17) is 16.0 Å². The van der Waals surface area contributed by atoms with Crippen LogP contribution in [0, 0.1) is 6.92 Å². The lowest BCUT2D eigenvalue weighted by molar-refractivity contribution is 0.454. The maximum atomic E-state index is 5.74. The molecule has 0 saturated carbocycles. The Kier molecular flexibility index (Phi) is 2.74. The van der Waals surface area contributed by atoms with Crippen molar-refractivity contribution < 1.29 is 4.42 Å². The molecule has 2 rings (SSSR count). The molecule has 0 N–H and O–H groups in total. The number of nitrogens with zero attached hydrogens (tertiary/aromatic N) is 2. The molecule has 0 fully saturated rings. The summed E-state index contributed by atoms with van der Waals surface area (Å²) in [4.78, 5) is 8.25. The van der Waals surface area contributed by atoms with E-state index >= 15 is 0 Å². The summed E-state index contributed by atoms with van der Waals surface area (Å²) in [5.41, 5.74) is 0.856. The molecule has 14 heavy (non-hydrogen) atoms. The first-order valence-corrected chi connectivity index (χ1v) is 5.16. The van der Waals surface area contributed by atoms with Crippen molar-refractivity contribution in [1.82, 2.24) is 9.97 Å². The predicted molar refractivity (Wildman–Crippen MR) is 54.6 cm³/mol. The second-order valence-corrected chi connectivity index (χ2v) is 4.01. The molecule has 0 aromatic carbocycles. The molecule has 0 amide bonds. The Morgan fingerprint density at radius 2 is 2.21 bits per heavy atom. The number of halogens is 1. The largest absolute Gasteiger partial charge is 0.439 e. The summed E-state index contributed by atoms with van der Waals surface area (Å²) in [6.45, 7) is 1.87. The highest BCUT2D eigenvalue weighted by Gasteiger charge is 2.04. The number of hydrogen-bond acceptors (Lipinski definition) is 4. The molecule has 0 aliphatic heterocycles. The Labute approximate surface area is 90.5 Å². The van der Waals surface area contributed by atoms with Gasteiger partial charge in [-0.05, 0) is 30.8 Å². The van der Waals surface area contributed by atoms with Crippen molar-refractivity contribution in [3.63, 3.8) is 0 Å². The molecule has 2 aromatic rings. The van der Waals surface area contributed by atoms with Gasteiger partial charge in [-0.3, -0.25) is 0 Å². The van der Waals surface area contributed by atoms with Crippen molar-refractivity contribution >= 4 is 23.4 Å². The Balaban J connectivity index is 2.18. The molecule has 72 valence electrons. The molecular formula is C9H7ClN2OS. The Hall–Kier alpha value is -1.00. The minimum atomic E-state index is 0.471. The fraction of sp³-hybridized carbons (Fsp3) is 0.111. The summed E-state index contributed by atoms with van der Waals surface area (Å²) in [6, 6.07) is 5.43. The summed E-state index contributed by atoms with van der Waals surface area (Å²) in [5, 5.41) is 1.83. The van der Waals surface area contributed by atoms with E-state index in [-0.39, 0.29) is 0 Å². The van der Waals surface area contributed by atoms with E-state index in [1.54, 1.807) is 12.3 Å². The molecule has 0 saturated heterocycles. The molecule has 0 atom stereocenters. The lowest BCUT2D eigenvalue weighted by Gasteiger charge is -1.95. The van der Waals surface area contributed by atoms with Crippen LogP contribution in [0.1, 0.15) is 5.69 Å². The Morgan fingerprint density at radius 3 is 2.86 bits per heavy atom. The predicted octanol–water partition coefficient (Wildman–Crippen LogP) is 3.18. The van der Waals surface area contributed by atoms with E-state index in [0.717, 1.165) is 10.7 Å². The van der Waals surface area contributed by atoms with Gasteiger partial charge in [-0.15, -0.1) is 0 Å². The van der Waals surface area contributed by atoms with Gasteiger partial charge in [0.25, 0.3) is 5.22 Å². The highest BCUT2D eigenvalue weighted by atomic mass is 35.5. The molecule has 0 aliphatic carbocycles. The van der Waals surface area contributed by atoms with Crippen LogP contribution in [-0.4, -0.2) is 9.97 Å². The molecule has 0 unspecified atom stereocenters. The number of oxazole rings is 1. The summed E-state index contributed by atoms with van der Waals surface area (Å²) in [6.07, 6.45) is 1.60. The van der Waals surface area contributed by atoms with Gasteiger partial charge in [0.2, 0.25) is 0 Å². The van der Waals surface area contributed by atoms with Crippen LogP contribution >= 0.6 is 23.4 Å². The highest BCUT2D eigenvalue weighted by molar-refractivity contribution is 7.99. The van der Waals surface area contributed by atoms with Gasteiger partial charge in [-0.1, -0.05) is 17.7 Å². The lowest BCUT2D eigenvalue weighted by atomic mass is 10.5. The molecule has 0 spiro atoms. The summed E-state index contributed by atoms with van der Waals surface area (Å²) < 4.78 is 5.18. The molecule has 0 bridgehead atoms. The average molecular weight is 227 g/mol. The van der Waals surface area contributed by atoms with Crippen molar-refractivity contribution in [2.24, 2.45) is 0 Å². The first-order chi connectivity index (χ1) is 6.74. The standard InChI is InChI=1S/C9H7ClN2OS/c1-6-5-13-9(11-6)14-8-4-2-3-7(10)12-8/h2-5H,1H3. The van der Waals surface area contributed by atoms with Crippen LogP contribution in [0.2, 0.25) is 5.15 Å². The monoisotopic (exact) mass is 226 g/mol. The number of pyridine rings is 1. The van der Waals surface area contributed by atoms with Crippen molar-refractivity contribution in [3.05, 3.63) is 35.3 Å². The quantitative estimate of drug-likeness (QED) is 0.738. The molecule has 0 radical (unpaired) electrons. The Bertz CT molecular complexity index is 444. The van der Waals surface area contributed by atoms with Gasteiger partial charge in [0.1, 0.15) is 16.4 Å². The maximum Gasteiger partial charge on any atom is 0.262 e. The summed E-state index contributed by atoms with van der Waals surface area (Å²) in [5.74, 6) is 0. The van der Waals surface area contributed by atoms with Crippen LogP contribution < -0.4 is 0 Å². The van der Waals surface area contributed by atoms with Crippen molar-refractivity contribution in [2.75, 3.05) is 0 Å². The average Bonchev–Trinajstić information content (AvgIpc) is 2.51. The van der Waals surface area contributed by atoms with Gasteiger partial charge < -0.3 is 4.42 Å². The fourth-order valence-electron chi connectivity index (χ4n) is 0.915. The second-order valence-electron chi connectivity index (χ2n) is 2.66. The zero-order valence-electron chi connectivity index (χ0n) is 7.40. The van der Waals surface area contributed by atoms with E-state index in [0.29, 0.717) is 10.4 Å². The third-order valence-electron chi connectivity index (χ3n) is 1.48. The summed E-state index contributed by atoms with van der Waals surface area (Å²) >= 11 is 7.09. The van der Waals surface area contributed by atoms with Gasteiger partial charge in [-0.25, -0.2) is 9.97 Å². The van der Waals surface area contributed by atoms with Gasteiger partial charge in [0.05, 0.1) is 5.69 Å². The SMILES string of the molecule is Cc1coc(Sc2cccc(Cl)n2)n1. The van der Waals surface area contributed by atoms with Gasteiger partial charge in [-0.2, -0.15) is 0 Å². The topological polar surface area (TPSA) is 38.9 Å². The normalized spacial score (nSPS) is 10.4. The molecule has 2 heterocycles. The van der Waals surface area contributed by atoms with E-state index in [2.05, 4.69) is 9.97 Å². The number of aryl methyl sites for hydroxylation is 1. The second kappa shape index (κ2) is 4.02. The maximum absolute atomic E-state index is 5.74. The van der Waals surface area contributed by atoms with Crippen LogP contribution in [-0.2, 0) is 0 Å². The third-order valence-corrected chi connectivity index (χ3v) is 2.49. The minimum Gasteiger partial charge on any atom is -0.439 e. The van der Waals surface area contributed by atoms with Crippen molar-refractivity contribution in [1.29, 1.82) is 0 Å². The van der Waals surface area contributed by atoms with Crippen molar-refractivity contribution in [2.45, 2.75) is 17.2 Å². The van der Waals surface area contributed by atoms with Crippen LogP contribution in [0.5, 0.6) is 0 Å². The third kappa shape index (κ3) is 2.27. The molecule has 2 aromatic heterocycles. The summed E-state index contributed by atoms with van der Waals surface area (Å²) in [7, 11) is 0. The molecule has 5 heteroatoms. The van der Waals surface area contributed by atoms with Crippen LogP contribution in [0.25, 0.3) is 0 Å². The van der Waals surface area contributed by atoms with Crippen LogP contribution in [0.4, 0.5) is 0 Å². The molecular weight excluding hydrogens is 220 g/mol. The van der Waals surface area contributed by atoms with Gasteiger partial charge in [0.15, 0.2) is 0 Å². The van der Waals surface area contributed by atoms with Crippen LogP contribution in [0.3, 0.4) is 0 Å². The molecule has 0 aliphatic rings. The first-order valence-electron chi connectivity index (χ1n) is 3.96. The van der Waals surface area contributed by atoms with E-state index < -0.39 is 0 Å². The van der Waals surface area contributed by atoms with E-state index in [1.807, 2.05) is 19.1 Å². The van der Waals surface area contributed by atoms with E-state index in [9.17, 15) is 0 Å². The zero-order chi connectivity index (χ0) is 9.97. The minimum absolute atomic E-state index is 0.471. The van der Waals surface area contributed by atoms with Gasteiger partial charge in [0, 0.05) is 0 Å². The number of hydrogen-bond donors (Lipinski definition) is 0. The first kappa shape index (κ1) is 9.55. The number of aromatic nitrogens is 2. The van der Waals surface area contributed by atoms with E-state index in [1.165, 1.54) is 11.8 Å². The zero-order valence-corrected chi connectivity index (χ0v) is 8.97. The lowest BCUT2D eigenvalue weighted by Crippen LogP contribution is -1.79. The molecule has 3 nitrogen and oxygen atoms in total. The highest BCUT2D eigenvalue weighted by Crippen LogP contribution is 2.25.